The summed E-state index contributed by atoms with van der Waals surface area (Å²) >= 11 is 3.42. The van der Waals surface area contributed by atoms with Crippen molar-refractivity contribution in [1.29, 1.82) is 0 Å². The highest BCUT2D eigenvalue weighted by molar-refractivity contribution is 7.81. The van der Waals surface area contributed by atoms with Crippen molar-refractivity contribution in [3.8, 4) is 0 Å². The van der Waals surface area contributed by atoms with Crippen LogP contribution < -0.4 is 0 Å². The molecule has 0 rings (SSSR count). The molecule has 0 saturated carbocycles. The van der Waals surface area contributed by atoms with Crippen LogP contribution in [0.1, 0.15) is 78.1 Å². The fraction of sp³-hybridized carbons (Fsp3) is 0.929. The minimum atomic E-state index is -0.881. The molecular formula is C14H30O2S. The van der Waals surface area contributed by atoms with Gasteiger partial charge in [-0.1, -0.05) is 78.1 Å². The third kappa shape index (κ3) is 25.8. The second-order valence-electron chi connectivity index (χ2n) is 4.38. The van der Waals surface area contributed by atoms with Crippen LogP contribution in [0.15, 0.2) is 0 Å². The van der Waals surface area contributed by atoms with E-state index in [-0.39, 0.29) is 5.75 Å². The lowest BCUT2D eigenvalue weighted by Gasteiger charge is -1.99. The predicted molar refractivity (Wildman–Crippen MR) is 79.0 cm³/mol. The summed E-state index contributed by atoms with van der Waals surface area (Å²) in [6, 6.07) is 0. The molecule has 0 saturated heterocycles. The molecule has 0 aliphatic rings. The van der Waals surface area contributed by atoms with Crippen molar-refractivity contribution in [2.24, 2.45) is 0 Å². The van der Waals surface area contributed by atoms with E-state index in [1.54, 1.807) is 0 Å². The zero-order valence-corrected chi connectivity index (χ0v) is 12.5. The van der Waals surface area contributed by atoms with Gasteiger partial charge in [-0.25, -0.2) is 0 Å². The molecule has 0 fully saturated rings. The highest BCUT2D eigenvalue weighted by Gasteiger charge is 1.90. The molecule has 0 radical (unpaired) electrons. The Bertz CT molecular complexity index is 139. The van der Waals surface area contributed by atoms with Crippen LogP contribution in [0.2, 0.25) is 0 Å². The van der Waals surface area contributed by atoms with Crippen molar-refractivity contribution in [1.82, 2.24) is 0 Å². The Balaban J connectivity index is 0. The molecule has 0 aromatic rings. The Hall–Kier alpha value is -0.180. The molecular weight excluding hydrogens is 232 g/mol. The van der Waals surface area contributed by atoms with E-state index < -0.39 is 5.97 Å². The van der Waals surface area contributed by atoms with Crippen LogP contribution in [0.5, 0.6) is 0 Å². The van der Waals surface area contributed by atoms with Crippen LogP contribution in [0.3, 0.4) is 0 Å². The maximum absolute atomic E-state index is 9.29. The summed E-state index contributed by atoms with van der Waals surface area (Å²) in [5, 5.41) is 7.65. The Morgan fingerprint density at radius 2 is 1.06 bits per heavy atom. The SMILES string of the molecule is CCCCCCCCCCCC.O=C(O)CS. The Kier molecular flexibility index (Phi) is 20.5. The van der Waals surface area contributed by atoms with Crippen molar-refractivity contribution in [3.05, 3.63) is 0 Å². The summed E-state index contributed by atoms with van der Waals surface area (Å²) in [4.78, 5) is 9.29. The molecule has 17 heavy (non-hydrogen) atoms. The summed E-state index contributed by atoms with van der Waals surface area (Å²) < 4.78 is 0. The van der Waals surface area contributed by atoms with Crippen LogP contribution in [0.4, 0.5) is 0 Å². The van der Waals surface area contributed by atoms with Gasteiger partial charge < -0.3 is 5.11 Å². The molecule has 0 amide bonds. The molecule has 3 heteroatoms. The average Bonchev–Trinajstić information content (AvgIpc) is 2.33. The number of thiol groups is 1. The van der Waals surface area contributed by atoms with Crippen molar-refractivity contribution < 1.29 is 9.90 Å². The molecule has 2 nitrogen and oxygen atoms in total. The smallest absolute Gasteiger partial charge is 0.313 e. The molecule has 0 heterocycles. The van der Waals surface area contributed by atoms with Gasteiger partial charge in [0.05, 0.1) is 5.75 Å². The number of unbranched alkanes of at least 4 members (excludes halogenated alkanes) is 9. The minimum absolute atomic E-state index is 0.0833. The number of hydrogen-bond donors (Lipinski definition) is 2. The molecule has 0 aliphatic heterocycles. The summed E-state index contributed by atoms with van der Waals surface area (Å²) in [7, 11) is 0. The molecule has 0 unspecified atom stereocenters. The molecule has 104 valence electrons. The van der Waals surface area contributed by atoms with Crippen molar-refractivity contribution in [2.45, 2.75) is 78.1 Å². The van der Waals surface area contributed by atoms with Gasteiger partial charge in [-0.3, -0.25) is 4.79 Å². The van der Waals surface area contributed by atoms with Gasteiger partial charge in [0.25, 0.3) is 0 Å². The topological polar surface area (TPSA) is 37.3 Å². The van der Waals surface area contributed by atoms with Gasteiger partial charge in [0.2, 0.25) is 0 Å². The van der Waals surface area contributed by atoms with Crippen LogP contribution in [-0.2, 0) is 4.79 Å². The Morgan fingerprint density at radius 1 is 0.824 bits per heavy atom. The summed E-state index contributed by atoms with van der Waals surface area (Å²) in [6.45, 7) is 4.56. The molecule has 0 aliphatic carbocycles. The summed E-state index contributed by atoms with van der Waals surface area (Å²) in [5.74, 6) is -0.965. The Morgan fingerprint density at radius 3 is 1.24 bits per heavy atom. The lowest BCUT2D eigenvalue weighted by molar-refractivity contribution is -0.133. The van der Waals surface area contributed by atoms with Gasteiger partial charge in [0.1, 0.15) is 0 Å². The van der Waals surface area contributed by atoms with Gasteiger partial charge in [-0.2, -0.15) is 12.6 Å². The first kappa shape index (κ1) is 19.2. The van der Waals surface area contributed by atoms with Crippen LogP contribution in [0.25, 0.3) is 0 Å². The molecule has 0 spiro atoms. The number of carbonyl (C=O) groups is 1. The van der Waals surface area contributed by atoms with E-state index in [0.717, 1.165) is 0 Å². The largest absolute Gasteiger partial charge is 0.481 e. The van der Waals surface area contributed by atoms with E-state index in [1.165, 1.54) is 64.2 Å². The number of aliphatic carboxylic acids is 1. The number of rotatable bonds is 10. The van der Waals surface area contributed by atoms with Crippen molar-refractivity contribution in [3.63, 3.8) is 0 Å². The van der Waals surface area contributed by atoms with E-state index in [0.29, 0.717) is 0 Å². The standard InChI is InChI=1S/C12H26.C2H4O2S/c1-3-5-7-9-11-12-10-8-6-4-2;3-2(4)1-5/h3-12H2,1-2H3;5H,1H2,(H,3,4). The van der Waals surface area contributed by atoms with E-state index in [2.05, 4.69) is 26.5 Å². The zero-order valence-electron chi connectivity index (χ0n) is 11.6. The lowest BCUT2D eigenvalue weighted by Crippen LogP contribution is -1.92. The number of carboxylic acids is 1. The second-order valence-corrected chi connectivity index (χ2v) is 4.70. The fourth-order valence-corrected chi connectivity index (χ4v) is 1.56. The summed E-state index contributed by atoms with van der Waals surface area (Å²) in [6.07, 6.45) is 14.4. The molecule has 0 atom stereocenters. The first-order chi connectivity index (χ1) is 8.18. The summed E-state index contributed by atoms with van der Waals surface area (Å²) in [5.41, 5.74) is 0. The lowest BCUT2D eigenvalue weighted by atomic mass is 10.1. The molecule has 1 N–H and O–H groups in total. The number of carboxylic acid groups (broad SMARTS) is 1. The van der Waals surface area contributed by atoms with Crippen molar-refractivity contribution >= 4 is 18.6 Å². The van der Waals surface area contributed by atoms with Gasteiger partial charge in [-0.05, 0) is 0 Å². The number of hydrogen-bond acceptors (Lipinski definition) is 2. The highest BCUT2D eigenvalue weighted by Crippen LogP contribution is 2.09. The fourth-order valence-electron chi connectivity index (χ4n) is 1.56. The van der Waals surface area contributed by atoms with E-state index in [9.17, 15) is 4.79 Å². The first-order valence-electron chi connectivity index (χ1n) is 7.01. The molecule has 0 aromatic carbocycles. The van der Waals surface area contributed by atoms with E-state index >= 15 is 0 Å². The quantitative estimate of drug-likeness (QED) is 0.433. The monoisotopic (exact) mass is 262 g/mol. The predicted octanol–water partition coefficient (Wildman–Crippen LogP) is 4.93. The second kappa shape index (κ2) is 18.2. The van der Waals surface area contributed by atoms with Gasteiger partial charge in [0, 0.05) is 0 Å². The molecule has 0 aromatic heterocycles. The molecule has 0 bridgehead atoms. The normalized spacial score (nSPS) is 9.59. The van der Waals surface area contributed by atoms with Crippen LogP contribution in [-0.4, -0.2) is 16.8 Å². The third-order valence-electron chi connectivity index (χ3n) is 2.59. The maximum Gasteiger partial charge on any atom is 0.313 e. The van der Waals surface area contributed by atoms with E-state index in [1.807, 2.05) is 0 Å². The average molecular weight is 262 g/mol. The Labute approximate surface area is 113 Å². The highest BCUT2D eigenvalue weighted by atomic mass is 32.1. The maximum atomic E-state index is 9.29. The van der Waals surface area contributed by atoms with Crippen LogP contribution >= 0.6 is 12.6 Å². The van der Waals surface area contributed by atoms with E-state index in [4.69, 9.17) is 5.11 Å². The van der Waals surface area contributed by atoms with Gasteiger partial charge in [-0.15, -0.1) is 0 Å². The van der Waals surface area contributed by atoms with Gasteiger partial charge in [0.15, 0.2) is 0 Å². The van der Waals surface area contributed by atoms with Gasteiger partial charge >= 0.3 is 5.97 Å². The van der Waals surface area contributed by atoms with Crippen LogP contribution in [0, 0.1) is 0 Å². The third-order valence-corrected chi connectivity index (χ3v) is 2.86. The van der Waals surface area contributed by atoms with Crippen molar-refractivity contribution in [2.75, 3.05) is 5.75 Å². The first-order valence-corrected chi connectivity index (χ1v) is 7.64. The zero-order chi connectivity index (χ0) is 13.4. The minimum Gasteiger partial charge on any atom is -0.481 e.